The number of amides is 1. The van der Waals surface area contributed by atoms with Gasteiger partial charge in [0.15, 0.2) is 11.6 Å². The molecule has 0 radical (unpaired) electrons. The molecular formula is C21H25N3O2. The number of benzene rings is 1. The van der Waals surface area contributed by atoms with Crippen molar-refractivity contribution in [2.75, 3.05) is 17.3 Å². The van der Waals surface area contributed by atoms with E-state index in [2.05, 4.69) is 29.4 Å². The van der Waals surface area contributed by atoms with Gasteiger partial charge in [0.2, 0.25) is 5.91 Å². The Labute approximate surface area is 154 Å². The molecule has 1 aliphatic carbocycles. The van der Waals surface area contributed by atoms with Gasteiger partial charge in [-0.25, -0.2) is 4.98 Å². The van der Waals surface area contributed by atoms with Gasteiger partial charge in [0.1, 0.15) is 0 Å². The zero-order valence-electron chi connectivity index (χ0n) is 15.5. The minimum Gasteiger partial charge on any atom is -0.493 e. The maximum atomic E-state index is 12.5. The van der Waals surface area contributed by atoms with Crippen molar-refractivity contribution in [3.63, 3.8) is 0 Å². The van der Waals surface area contributed by atoms with Crippen LogP contribution in [0.5, 0.6) is 5.75 Å². The topological polar surface area (TPSA) is 54.5 Å². The number of nitrogens with one attached hydrogen (secondary N) is 1. The largest absolute Gasteiger partial charge is 0.493 e. The summed E-state index contributed by atoms with van der Waals surface area (Å²) in [7, 11) is 1.66. The van der Waals surface area contributed by atoms with Crippen LogP contribution in [-0.2, 0) is 4.79 Å². The van der Waals surface area contributed by atoms with Crippen LogP contribution in [0.3, 0.4) is 0 Å². The number of carbonyl (C=O) groups is 1. The normalized spacial score (nSPS) is 24.7. The van der Waals surface area contributed by atoms with Crippen molar-refractivity contribution in [2.45, 2.75) is 38.8 Å². The van der Waals surface area contributed by atoms with Crippen LogP contribution in [0, 0.1) is 11.8 Å². The van der Waals surface area contributed by atoms with Crippen molar-refractivity contribution in [3.8, 4) is 5.75 Å². The number of hydrogen-bond donors (Lipinski definition) is 1. The second-order valence-corrected chi connectivity index (χ2v) is 7.31. The van der Waals surface area contributed by atoms with Gasteiger partial charge in [-0.15, -0.1) is 0 Å². The van der Waals surface area contributed by atoms with E-state index in [1.807, 2.05) is 29.2 Å². The smallest absolute Gasteiger partial charge is 0.224 e. The van der Waals surface area contributed by atoms with E-state index in [-0.39, 0.29) is 23.9 Å². The van der Waals surface area contributed by atoms with Crippen molar-refractivity contribution in [1.82, 2.24) is 4.98 Å². The predicted molar refractivity (Wildman–Crippen MR) is 102 cm³/mol. The lowest BCUT2D eigenvalue weighted by atomic mass is 9.80. The number of anilines is 2. The number of nitrogens with zero attached hydrogens (tertiary/aromatic N) is 2. The van der Waals surface area contributed by atoms with Gasteiger partial charge >= 0.3 is 0 Å². The molecule has 1 fully saturated rings. The monoisotopic (exact) mass is 351 g/mol. The van der Waals surface area contributed by atoms with Gasteiger partial charge < -0.3 is 15.0 Å². The summed E-state index contributed by atoms with van der Waals surface area (Å²) in [4.78, 5) is 19.0. The second-order valence-electron chi connectivity index (χ2n) is 7.31. The summed E-state index contributed by atoms with van der Waals surface area (Å²) in [5, 5.41) is 3.60. The van der Waals surface area contributed by atoms with Crippen LogP contribution < -0.4 is 15.0 Å². The molecular weight excluding hydrogens is 326 g/mol. The lowest BCUT2D eigenvalue weighted by molar-refractivity contribution is -0.117. The Bertz CT molecular complexity index is 818. The fourth-order valence-corrected chi connectivity index (χ4v) is 4.32. The number of hydrogen-bond acceptors (Lipinski definition) is 4. The van der Waals surface area contributed by atoms with Gasteiger partial charge in [0.25, 0.3) is 0 Å². The number of ether oxygens (including phenoxy) is 1. The molecule has 1 aromatic heterocycles. The summed E-state index contributed by atoms with van der Waals surface area (Å²) >= 11 is 0. The van der Waals surface area contributed by atoms with Gasteiger partial charge in [-0.1, -0.05) is 25.1 Å². The lowest BCUT2D eigenvalue weighted by Crippen LogP contribution is -2.51. The highest BCUT2D eigenvalue weighted by atomic mass is 16.5. The molecule has 26 heavy (non-hydrogen) atoms. The molecule has 0 bridgehead atoms. The van der Waals surface area contributed by atoms with Crippen LogP contribution in [0.15, 0.2) is 42.6 Å². The molecule has 1 aromatic carbocycles. The van der Waals surface area contributed by atoms with Gasteiger partial charge in [-0.3, -0.25) is 4.79 Å². The van der Waals surface area contributed by atoms with E-state index in [1.54, 1.807) is 20.2 Å². The molecule has 0 saturated heterocycles. The first-order valence-electron chi connectivity index (χ1n) is 9.26. The highest BCUT2D eigenvalue weighted by Gasteiger charge is 2.47. The molecule has 3 atom stereocenters. The van der Waals surface area contributed by atoms with Gasteiger partial charge in [0, 0.05) is 30.8 Å². The van der Waals surface area contributed by atoms with E-state index in [0.717, 1.165) is 22.8 Å². The summed E-state index contributed by atoms with van der Waals surface area (Å²) in [6.07, 6.45) is 4.16. The molecule has 1 N–H and O–H groups in total. The first kappa shape index (κ1) is 16.9. The first-order chi connectivity index (χ1) is 12.6. The van der Waals surface area contributed by atoms with E-state index in [4.69, 9.17) is 4.74 Å². The minimum absolute atomic E-state index is 0.0798. The zero-order chi connectivity index (χ0) is 18.3. The van der Waals surface area contributed by atoms with E-state index >= 15 is 0 Å². The Morgan fingerprint density at radius 1 is 1.23 bits per heavy atom. The molecule has 5 heteroatoms. The first-order valence-corrected chi connectivity index (χ1v) is 9.26. The lowest BCUT2D eigenvalue weighted by Gasteiger charge is -2.45. The molecule has 1 aliphatic heterocycles. The number of carbonyl (C=O) groups excluding carboxylic acids is 1. The van der Waals surface area contributed by atoms with Crippen LogP contribution in [0.2, 0.25) is 0 Å². The molecule has 1 saturated carbocycles. The molecule has 4 rings (SSSR count). The third-order valence-electron chi connectivity index (χ3n) is 5.62. The molecule has 136 valence electrons. The quantitative estimate of drug-likeness (QED) is 0.904. The summed E-state index contributed by atoms with van der Waals surface area (Å²) < 4.78 is 5.47. The van der Waals surface area contributed by atoms with Crippen molar-refractivity contribution < 1.29 is 9.53 Å². The van der Waals surface area contributed by atoms with Crippen molar-refractivity contribution in [2.24, 2.45) is 11.8 Å². The molecule has 2 aliphatic rings. The number of rotatable bonds is 4. The number of methoxy groups -OCH3 is 1. The van der Waals surface area contributed by atoms with Gasteiger partial charge in [-0.05, 0) is 42.5 Å². The number of para-hydroxylation sites is 1. The molecule has 1 amide bonds. The highest BCUT2D eigenvalue weighted by Crippen LogP contribution is 2.50. The number of aromatic nitrogens is 1. The third-order valence-corrected chi connectivity index (χ3v) is 5.62. The number of fused-ring (bicyclic) bond motifs is 1. The third kappa shape index (κ3) is 2.81. The van der Waals surface area contributed by atoms with Crippen LogP contribution in [0.25, 0.3) is 0 Å². The molecule has 2 unspecified atom stereocenters. The minimum atomic E-state index is 0.0798. The molecule has 2 heterocycles. The van der Waals surface area contributed by atoms with Crippen molar-refractivity contribution >= 4 is 17.4 Å². The number of pyridine rings is 1. The Hall–Kier alpha value is -2.56. The second kappa shape index (κ2) is 6.63. The fraction of sp³-hybridized carbons (Fsp3) is 0.429. The van der Waals surface area contributed by atoms with Crippen molar-refractivity contribution in [1.29, 1.82) is 0 Å². The highest BCUT2D eigenvalue weighted by molar-refractivity contribution is 5.94. The Balaban J connectivity index is 1.78. The van der Waals surface area contributed by atoms with Crippen LogP contribution in [0.1, 0.15) is 38.3 Å². The summed E-state index contributed by atoms with van der Waals surface area (Å²) in [6.45, 7) is 3.91. The maximum Gasteiger partial charge on any atom is 0.224 e. The van der Waals surface area contributed by atoms with E-state index in [9.17, 15) is 4.79 Å². The van der Waals surface area contributed by atoms with E-state index in [1.165, 1.54) is 12.8 Å². The van der Waals surface area contributed by atoms with Gasteiger partial charge in [-0.2, -0.15) is 0 Å². The Kier molecular flexibility index (Phi) is 4.31. The van der Waals surface area contributed by atoms with E-state index < -0.39 is 0 Å². The van der Waals surface area contributed by atoms with Crippen LogP contribution in [0.4, 0.5) is 11.5 Å². The summed E-state index contributed by atoms with van der Waals surface area (Å²) in [5.41, 5.74) is 2.15. The average Bonchev–Trinajstić information content (AvgIpc) is 3.48. The fourth-order valence-electron chi connectivity index (χ4n) is 4.32. The van der Waals surface area contributed by atoms with Crippen molar-refractivity contribution in [3.05, 3.63) is 48.2 Å². The summed E-state index contributed by atoms with van der Waals surface area (Å²) in [5.74, 6) is 2.45. The zero-order valence-corrected chi connectivity index (χ0v) is 15.5. The Morgan fingerprint density at radius 2 is 2.00 bits per heavy atom. The molecule has 5 nitrogen and oxygen atoms in total. The maximum absolute atomic E-state index is 12.5. The van der Waals surface area contributed by atoms with Crippen LogP contribution >= 0.6 is 0 Å². The Morgan fingerprint density at radius 3 is 2.69 bits per heavy atom. The van der Waals surface area contributed by atoms with Gasteiger partial charge in [0.05, 0.1) is 13.2 Å². The summed E-state index contributed by atoms with van der Waals surface area (Å²) in [6, 6.07) is 12.3. The SMILES string of the molecule is COc1cccnc1NC1c2ccccc2N(C(C)=O)C(C2CC2)[C@@H]1C. The van der Waals surface area contributed by atoms with Crippen LogP contribution in [-0.4, -0.2) is 24.0 Å². The van der Waals surface area contributed by atoms with E-state index in [0.29, 0.717) is 5.92 Å². The standard InChI is InChI=1S/C21H25N3O2/c1-13-19(23-21-18(26-3)9-6-12-22-21)16-7-4-5-8-17(16)24(14(2)25)20(13)15-10-11-15/h4-9,12-13,15,19-20H,10-11H2,1-3H3,(H,22,23)/t13-,19?,20?/m1/s1. The molecule has 0 spiro atoms. The average molecular weight is 351 g/mol. The predicted octanol–water partition coefficient (Wildman–Crippen LogP) is 4.02. The molecule has 2 aromatic rings.